The number of rotatable bonds is 3. The van der Waals surface area contributed by atoms with Gasteiger partial charge < -0.3 is 10.4 Å². The fourth-order valence-electron chi connectivity index (χ4n) is 1.09. The van der Waals surface area contributed by atoms with Crippen LogP contribution in [0, 0.1) is 0 Å². The Hall–Kier alpha value is -0.830. The van der Waals surface area contributed by atoms with Gasteiger partial charge in [-0.2, -0.15) is 0 Å². The average molecular weight is 155 g/mol. The molecule has 1 amide bonds. The second-order valence-corrected chi connectivity index (χ2v) is 3.00. The van der Waals surface area contributed by atoms with Crippen LogP contribution in [0.15, 0.2) is 12.7 Å². The van der Waals surface area contributed by atoms with Gasteiger partial charge in [0.05, 0.1) is 5.60 Å². The Bertz CT molecular complexity index is 173. The molecule has 0 aliphatic heterocycles. The van der Waals surface area contributed by atoms with Crippen LogP contribution in [0.1, 0.15) is 19.3 Å². The highest BCUT2D eigenvalue weighted by Crippen LogP contribution is 2.30. The zero-order valence-corrected chi connectivity index (χ0v) is 6.47. The summed E-state index contributed by atoms with van der Waals surface area (Å²) in [6.07, 6.45) is 3.86. The van der Waals surface area contributed by atoms with Gasteiger partial charge in [-0.1, -0.05) is 6.58 Å². The average Bonchev–Trinajstić information content (AvgIpc) is 1.96. The molecule has 1 rings (SSSR count). The third-order valence-corrected chi connectivity index (χ3v) is 2.06. The normalized spacial score (nSPS) is 20.1. The van der Waals surface area contributed by atoms with Crippen molar-refractivity contribution >= 4 is 5.91 Å². The molecule has 0 atom stereocenters. The van der Waals surface area contributed by atoms with Gasteiger partial charge in [0.2, 0.25) is 5.91 Å². The maximum atomic E-state index is 10.7. The van der Waals surface area contributed by atoms with Gasteiger partial charge in [-0.05, 0) is 25.3 Å². The van der Waals surface area contributed by atoms with E-state index in [1.54, 1.807) is 0 Å². The number of carbonyl (C=O) groups is 1. The van der Waals surface area contributed by atoms with Crippen LogP contribution < -0.4 is 5.32 Å². The minimum Gasteiger partial charge on any atom is -0.388 e. The summed E-state index contributed by atoms with van der Waals surface area (Å²) >= 11 is 0. The summed E-state index contributed by atoms with van der Waals surface area (Å²) in [6, 6.07) is 0. The smallest absolute Gasteiger partial charge is 0.243 e. The monoisotopic (exact) mass is 155 g/mol. The lowest BCUT2D eigenvalue weighted by molar-refractivity contribution is -0.118. The number of nitrogens with one attached hydrogen (secondary N) is 1. The van der Waals surface area contributed by atoms with Crippen molar-refractivity contribution in [3.05, 3.63) is 12.7 Å². The standard InChI is InChI=1S/C8H13NO2/c1-2-7(10)9-6-8(11)4-3-5-8/h2,11H,1,3-6H2,(H,9,10). The SMILES string of the molecule is C=CC(=O)NCC1(O)CCC1. The topological polar surface area (TPSA) is 49.3 Å². The quantitative estimate of drug-likeness (QED) is 0.572. The minimum absolute atomic E-state index is 0.217. The van der Waals surface area contributed by atoms with Crippen LogP contribution in [0.2, 0.25) is 0 Å². The van der Waals surface area contributed by atoms with Crippen LogP contribution in [0.4, 0.5) is 0 Å². The molecule has 0 spiro atoms. The van der Waals surface area contributed by atoms with Gasteiger partial charge in [-0.3, -0.25) is 4.79 Å². The number of amides is 1. The third kappa shape index (κ3) is 2.05. The molecule has 0 aromatic carbocycles. The van der Waals surface area contributed by atoms with E-state index in [0.29, 0.717) is 6.54 Å². The van der Waals surface area contributed by atoms with Crippen molar-refractivity contribution in [3.8, 4) is 0 Å². The summed E-state index contributed by atoms with van der Waals surface area (Å²) in [4.78, 5) is 10.7. The van der Waals surface area contributed by atoms with Crippen molar-refractivity contribution in [2.45, 2.75) is 24.9 Å². The summed E-state index contributed by atoms with van der Waals surface area (Å²) in [7, 11) is 0. The zero-order valence-electron chi connectivity index (χ0n) is 6.47. The Labute approximate surface area is 66.1 Å². The molecule has 3 heteroatoms. The Balaban J connectivity index is 2.21. The highest BCUT2D eigenvalue weighted by Gasteiger charge is 2.34. The van der Waals surface area contributed by atoms with E-state index in [2.05, 4.69) is 11.9 Å². The molecule has 2 N–H and O–H groups in total. The second-order valence-electron chi connectivity index (χ2n) is 3.00. The first-order valence-corrected chi connectivity index (χ1v) is 3.79. The van der Waals surface area contributed by atoms with Crippen LogP contribution in [0.5, 0.6) is 0 Å². The lowest BCUT2D eigenvalue weighted by Gasteiger charge is -2.36. The molecule has 1 aliphatic rings. The molecule has 0 heterocycles. The molecule has 1 saturated carbocycles. The highest BCUT2D eigenvalue weighted by atomic mass is 16.3. The van der Waals surface area contributed by atoms with Gasteiger partial charge in [-0.25, -0.2) is 0 Å². The molecule has 62 valence electrons. The van der Waals surface area contributed by atoms with Crippen molar-refractivity contribution in [2.24, 2.45) is 0 Å². The number of aliphatic hydroxyl groups is 1. The van der Waals surface area contributed by atoms with Crippen molar-refractivity contribution in [1.82, 2.24) is 5.32 Å². The first-order valence-electron chi connectivity index (χ1n) is 3.79. The first kappa shape index (κ1) is 8.27. The number of hydrogen-bond donors (Lipinski definition) is 2. The van der Waals surface area contributed by atoms with Crippen molar-refractivity contribution in [1.29, 1.82) is 0 Å². The Morgan fingerprint density at radius 3 is 2.73 bits per heavy atom. The highest BCUT2D eigenvalue weighted by molar-refractivity contribution is 5.86. The molecule has 1 aliphatic carbocycles. The number of carbonyl (C=O) groups excluding carboxylic acids is 1. The summed E-state index contributed by atoms with van der Waals surface area (Å²) < 4.78 is 0. The van der Waals surface area contributed by atoms with E-state index in [1.807, 2.05) is 0 Å². The van der Waals surface area contributed by atoms with Gasteiger partial charge in [0.15, 0.2) is 0 Å². The van der Waals surface area contributed by atoms with Crippen molar-refractivity contribution in [3.63, 3.8) is 0 Å². The molecule has 3 nitrogen and oxygen atoms in total. The summed E-state index contributed by atoms with van der Waals surface area (Å²) in [5.41, 5.74) is -0.626. The summed E-state index contributed by atoms with van der Waals surface area (Å²) in [5.74, 6) is -0.217. The molecule has 0 aromatic rings. The van der Waals surface area contributed by atoms with Gasteiger partial charge >= 0.3 is 0 Å². The molecule has 11 heavy (non-hydrogen) atoms. The fraction of sp³-hybridized carbons (Fsp3) is 0.625. The van der Waals surface area contributed by atoms with Crippen molar-refractivity contribution in [2.75, 3.05) is 6.54 Å². The van der Waals surface area contributed by atoms with Gasteiger partial charge in [0, 0.05) is 6.54 Å². The van der Waals surface area contributed by atoms with Crippen LogP contribution >= 0.6 is 0 Å². The van der Waals surface area contributed by atoms with Crippen LogP contribution in [-0.4, -0.2) is 23.2 Å². The predicted octanol–water partition coefficient (Wildman–Crippen LogP) is 0.204. The molecule has 0 saturated heterocycles. The Kier molecular flexibility index (Phi) is 2.29. The first-order chi connectivity index (χ1) is 5.16. The molecular formula is C8H13NO2. The Morgan fingerprint density at radius 2 is 2.36 bits per heavy atom. The molecule has 0 radical (unpaired) electrons. The van der Waals surface area contributed by atoms with Crippen LogP contribution in [0.3, 0.4) is 0 Å². The zero-order chi connectivity index (χ0) is 8.32. The van der Waals surface area contributed by atoms with Gasteiger partial charge in [-0.15, -0.1) is 0 Å². The molecular weight excluding hydrogens is 142 g/mol. The molecule has 0 aromatic heterocycles. The maximum absolute atomic E-state index is 10.7. The fourth-order valence-corrected chi connectivity index (χ4v) is 1.09. The van der Waals surface area contributed by atoms with Gasteiger partial charge in [0.25, 0.3) is 0 Å². The second kappa shape index (κ2) is 3.05. The van der Waals surface area contributed by atoms with Gasteiger partial charge in [0.1, 0.15) is 0 Å². The van der Waals surface area contributed by atoms with E-state index >= 15 is 0 Å². The van der Waals surface area contributed by atoms with E-state index in [4.69, 9.17) is 0 Å². The molecule has 0 unspecified atom stereocenters. The maximum Gasteiger partial charge on any atom is 0.243 e. The lowest BCUT2D eigenvalue weighted by Crippen LogP contribution is -2.47. The molecule has 1 fully saturated rings. The summed E-state index contributed by atoms with van der Waals surface area (Å²) in [6.45, 7) is 3.67. The minimum atomic E-state index is -0.626. The largest absolute Gasteiger partial charge is 0.388 e. The summed E-state index contributed by atoms with van der Waals surface area (Å²) in [5, 5.41) is 12.1. The van der Waals surface area contributed by atoms with E-state index in [1.165, 1.54) is 6.08 Å². The Morgan fingerprint density at radius 1 is 1.73 bits per heavy atom. The van der Waals surface area contributed by atoms with E-state index in [0.717, 1.165) is 19.3 Å². The number of hydrogen-bond acceptors (Lipinski definition) is 2. The van der Waals surface area contributed by atoms with Crippen LogP contribution in [0.25, 0.3) is 0 Å². The van der Waals surface area contributed by atoms with E-state index in [9.17, 15) is 9.90 Å². The van der Waals surface area contributed by atoms with Crippen molar-refractivity contribution < 1.29 is 9.90 Å². The van der Waals surface area contributed by atoms with E-state index < -0.39 is 5.60 Å². The van der Waals surface area contributed by atoms with Crippen LogP contribution in [-0.2, 0) is 4.79 Å². The third-order valence-electron chi connectivity index (χ3n) is 2.06. The lowest BCUT2D eigenvalue weighted by atomic mass is 9.80. The molecule has 0 bridgehead atoms. The van der Waals surface area contributed by atoms with E-state index in [-0.39, 0.29) is 5.91 Å². The predicted molar refractivity (Wildman–Crippen MR) is 42.0 cm³/mol.